The summed E-state index contributed by atoms with van der Waals surface area (Å²) >= 11 is 0. The van der Waals surface area contributed by atoms with Crippen LogP contribution in [0.4, 0.5) is 5.82 Å². The number of rotatable bonds is 2. The van der Waals surface area contributed by atoms with Gasteiger partial charge in [0.2, 0.25) is 0 Å². The van der Waals surface area contributed by atoms with Crippen LogP contribution in [0.25, 0.3) is 10.8 Å². The second kappa shape index (κ2) is 3.85. The Bertz CT molecular complexity index is 477. The third-order valence-corrected chi connectivity index (χ3v) is 2.30. The minimum atomic E-state index is 0.366. The van der Waals surface area contributed by atoms with E-state index in [4.69, 9.17) is 0 Å². The van der Waals surface area contributed by atoms with Gasteiger partial charge >= 0.3 is 0 Å². The highest BCUT2D eigenvalue weighted by molar-refractivity contribution is 5.92. The number of aromatic nitrogens is 2. The van der Waals surface area contributed by atoms with Crippen LogP contribution in [0.1, 0.15) is 19.5 Å². The van der Waals surface area contributed by atoms with Crippen LogP contribution in [0.5, 0.6) is 0 Å². The van der Waals surface area contributed by atoms with E-state index in [0.29, 0.717) is 6.04 Å². The van der Waals surface area contributed by atoms with Gasteiger partial charge in [-0.3, -0.25) is 0 Å². The van der Waals surface area contributed by atoms with Gasteiger partial charge in [-0.25, -0.2) is 0 Å². The minimum Gasteiger partial charge on any atom is -0.366 e. The number of nitrogens with zero attached hydrogens (tertiary/aromatic N) is 2. The van der Waals surface area contributed by atoms with Crippen LogP contribution in [0, 0.1) is 6.92 Å². The van der Waals surface area contributed by atoms with Crippen molar-refractivity contribution in [2.75, 3.05) is 5.32 Å². The normalized spacial score (nSPS) is 10.9. The van der Waals surface area contributed by atoms with Gasteiger partial charge in [-0.05, 0) is 20.8 Å². The molecule has 2 rings (SSSR count). The molecule has 1 aromatic carbocycles. The van der Waals surface area contributed by atoms with E-state index < -0.39 is 0 Å². The molecule has 0 bridgehead atoms. The molecule has 0 aliphatic heterocycles. The van der Waals surface area contributed by atoms with Crippen molar-refractivity contribution in [3.63, 3.8) is 0 Å². The molecule has 1 N–H and O–H groups in total. The summed E-state index contributed by atoms with van der Waals surface area (Å²) in [5.74, 6) is 0.867. The van der Waals surface area contributed by atoms with Crippen LogP contribution in [-0.4, -0.2) is 16.2 Å². The Kier molecular flexibility index (Phi) is 2.54. The molecule has 0 saturated heterocycles. The molecular formula is C12H15N3. The predicted molar refractivity (Wildman–Crippen MR) is 63.0 cm³/mol. The number of hydrogen-bond donors (Lipinski definition) is 1. The average Bonchev–Trinajstić information content (AvgIpc) is 2.22. The Morgan fingerprint density at radius 1 is 1.07 bits per heavy atom. The largest absolute Gasteiger partial charge is 0.366 e. The van der Waals surface area contributed by atoms with Gasteiger partial charge in [-0.15, -0.1) is 5.10 Å². The van der Waals surface area contributed by atoms with Crippen molar-refractivity contribution in [1.82, 2.24) is 10.2 Å². The molecule has 78 valence electrons. The SMILES string of the molecule is Cc1nnc(NC(C)C)c2ccccc12. The number of anilines is 1. The van der Waals surface area contributed by atoms with E-state index in [1.54, 1.807) is 0 Å². The Balaban J connectivity index is 2.61. The highest BCUT2D eigenvalue weighted by Gasteiger charge is 2.06. The smallest absolute Gasteiger partial charge is 0.156 e. The number of aryl methyl sites for hydroxylation is 1. The molecule has 0 aliphatic rings. The van der Waals surface area contributed by atoms with Crippen molar-refractivity contribution in [2.45, 2.75) is 26.8 Å². The molecule has 2 aromatic rings. The van der Waals surface area contributed by atoms with Gasteiger partial charge in [0.25, 0.3) is 0 Å². The van der Waals surface area contributed by atoms with Crippen LogP contribution in [0.15, 0.2) is 24.3 Å². The van der Waals surface area contributed by atoms with E-state index in [1.807, 2.05) is 19.1 Å². The van der Waals surface area contributed by atoms with Crippen molar-refractivity contribution in [2.24, 2.45) is 0 Å². The van der Waals surface area contributed by atoms with Gasteiger partial charge < -0.3 is 5.32 Å². The van der Waals surface area contributed by atoms with E-state index in [1.165, 1.54) is 0 Å². The molecule has 0 spiro atoms. The highest BCUT2D eigenvalue weighted by atomic mass is 15.2. The maximum atomic E-state index is 4.19. The molecule has 0 unspecified atom stereocenters. The molecule has 3 nitrogen and oxygen atoms in total. The summed E-state index contributed by atoms with van der Waals surface area (Å²) in [6.07, 6.45) is 0. The predicted octanol–water partition coefficient (Wildman–Crippen LogP) is 2.76. The molecule has 0 saturated carbocycles. The fourth-order valence-corrected chi connectivity index (χ4v) is 1.62. The topological polar surface area (TPSA) is 37.8 Å². The standard InChI is InChI=1S/C12H15N3/c1-8(2)13-12-11-7-5-4-6-10(11)9(3)14-15-12/h4-8H,1-3H3,(H,13,15). The van der Waals surface area contributed by atoms with Gasteiger partial charge in [0.05, 0.1) is 5.69 Å². The first-order valence-corrected chi connectivity index (χ1v) is 5.17. The Labute approximate surface area is 89.5 Å². The van der Waals surface area contributed by atoms with Crippen LogP contribution in [-0.2, 0) is 0 Å². The van der Waals surface area contributed by atoms with Crippen LogP contribution in [0.2, 0.25) is 0 Å². The third kappa shape index (κ3) is 1.91. The summed E-state index contributed by atoms with van der Waals surface area (Å²) in [4.78, 5) is 0. The molecular weight excluding hydrogens is 186 g/mol. The summed E-state index contributed by atoms with van der Waals surface area (Å²) in [6.45, 7) is 6.17. The molecule has 0 amide bonds. The molecule has 0 aliphatic carbocycles. The Morgan fingerprint density at radius 2 is 1.73 bits per heavy atom. The maximum Gasteiger partial charge on any atom is 0.156 e. The first-order chi connectivity index (χ1) is 7.18. The fourth-order valence-electron chi connectivity index (χ4n) is 1.62. The van der Waals surface area contributed by atoms with Gasteiger partial charge in [0.15, 0.2) is 5.82 Å². The average molecular weight is 201 g/mol. The zero-order valence-corrected chi connectivity index (χ0v) is 9.28. The first-order valence-electron chi connectivity index (χ1n) is 5.17. The van der Waals surface area contributed by atoms with E-state index in [-0.39, 0.29) is 0 Å². The van der Waals surface area contributed by atoms with Crippen molar-refractivity contribution in [3.05, 3.63) is 30.0 Å². The zero-order valence-electron chi connectivity index (χ0n) is 9.28. The molecule has 15 heavy (non-hydrogen) atoms. The number of nitrogens with one attached hydrogen (secondary N) is 1. The van der Waals surface area contributed by atoms with E-state index in [9.17, 15) is 0 Å². The lowest BCUT2D eigenvalue weighted by molar-refractivity contribution is 0.874. The summed E-state index contributed by atoms with van der Waals surface area (Å²) in [7, 11) is 0. The molecule has 0 fully saturated rings. The summed E-state index contributed by atoms with van der Waals surface area (Å²) in [5, 5.41) is 13.9. The zero-order chi connectivity index (χ0) is 10.8. The second-order valence-electron chi connectivity index (χ2n) is 3.98. The van der Waals surface area contributed by atoms with Crippen molar-refractivity contribution in [1.29, 1.82) is 0 Å². The van der Waals surface area contributed by atoms with Gasteiger partial charge in [0.1, 0.15) is 0 Å². The maximum absolute atomic E-state index is 4.19. The molecule has 3 heteroatoms. The fraction of sp³-hybridized carbons (Fsp3) is 0.333. The number of hydrogen-bond acceptors (Lipinski definition) is 3. The second-order valence-corrected chi connectivity index (χ2v) is 3.98. The quantitative estimate of drug-likeness (QED) is 0.811. The minimum absolute atomic E-state index is 0.366. The summed E-state index contributed by atoms with van der Waals surface area (Å²) in [5.41, 5.74) is 0.972. The van der Waals surface area contributed by atoms with Crippen molar-refractivity contribution < 1.29 is 0 Å². The third-order valence-electron chi connectivity index (χ3n) is 2.30. The van der Waals surface area contributed by atoms with Crippen LogP contribution < -0.4 is 5.32 Å². The Hall–Kier alpha value is -1.64. The van der Waals surface area contributed by atoms with E-state index in [2.05, 4.69) is 41.5 Å². The van der Waals surface area contributed by atoms with Crippen molar-refractivity contribution in [3.8, 4) is 0 Å². The first kappa shape index (κ1) is 9.90. The van der Waals surface area contributed by atoms with E-state index >= 15 is 0 Å². The lowest BCUT2D eigenvalue weighted by atomic mass is 10.1. The van der Waals surface area contributed by atoms with Gasteiger partial charge in [-0.1, -0.05) is 24.3 Å². The molecule has 1 heterocycles. The molecule has 0 atom stereocenters. The monoisotopic (exact) mass is 201 g/mol. The Morgan fingerprint density at radius 3 is 2.40 bits per heavy atom. The molecule has 1 aromatic heterocycles. The lowest BCUT2D eigenvalue weighted by Crippen LogP contribution is -2.12. The van der Waals surface area contributed by atoms with Crippen LogP contribution >= 0.6 is 0 Å². The van der Waals surface area contributed by atoms with E-state index in [0.717, 1.165) is 22.3 Å². The highest BCUT2D eigenvalue weighted by Crippen LogP contribution is 2.22. The lowest BCUT2D eigenvalue weighted by Gasteiger charge is -2.11. The number of benzene rings is 1. The summed E-state index contributed by atoms with van der Waals surface area (Å²) in [6, 6.07) is 8.56. The van der Waals surface area contributed by atoms with Gasteiger partial charge in [-0.2, -0.15) is 5.10 Å². The van der Waals surface area contributed by atoms with Crippen molar-refractivity contribution >= 4 is 16.6 Å². The van der Waals surface area contributed by atoms with Crippen LogP contribution in [0.3, 0.4) is 0 Å². The summed E-state index contributed by atoms with van der Waals surface area (Å²) < 4.78 is 0. The molecule has 0 radical (unpaired) electrons. The van der Waals surface area contributed by atoms with Gasteiger partial charge in [0, 0.05) is 16.8 Å². The number of fused-ring (bicyclic) bond motifs is 1.